The van der Waals surface area contributed by atoms with Crippen LogP contribution in [0.25, 0.3) is 0 Å². The van der Waals surface area contributed by atoms with Crippen LogP contribution in [-0.2, 0) is 0 Å². The highest BCUT2D eigenvalue weighted by atomic mass is 127. The van der Waals surface area contributed by atoms with Crippen LogP contribution in [0.5, 0.6) is 5.75 Å². The lowest BCUT2D eigenvalue weighted by Crippen LogP contribution is -2.38. The minimum atomic E-state index is 0. The Labute approximate surface area is 164 Å². The number of hydrogen-bond donors (Lipinski definition) is 2. The largest absolute Gasteiger partial charge is 0.497 e. The smallest absolute Gasteiger partial charge is 0.191 e. The molecular formula is C18H33IN4O. The van der Waals surface area contributed by atoms with Gasteiger partial charge >= 0.3 is 0 Å². The second-order valence-corrected chi connectivity index (χ2v) is 5.75. The van der Waals surface area contributed by atoms with Crippen molar-refractivity contribution in [3.05, 3.63) is 29.8 Å². The van der Waals surface area contributed by atoms with E-state index in [2.05, 4.69) is 55.6 Å². The number of halogens is 1. The maximum absolute atomic E-state index is 5.23. The van der Waals surface area contributed by atoms with E-state index < -0.39 is 0 Å². The molecule has 1 aromatic rings. The second kappa shape index (κ2) is 13.3. The lowest BCUT2D eigenvalue weighted by atomic mass is 10.1. The molecule has 0 heterocycles. The third kappa shape index (κ3) is 8.19. The Bertz CT molecular complexity index is 463. The number of rotatable bonds is 9. The third-order valence-corrected chi connectivity index (χ3v) is 3.71. The van der Waals surface area contributed by atoms with Gasteiger partial charge in [-0.3, -0.25) is 4.99 Å². The zero-order valence-electron chi connectivity index (χ0n) is 15.6. The van der Waals surface area contributed by atoms with Crippen LogP contribution >= 0.6 is 24.0 Å². The summed E-state index contributed by atoms with van der Waals surface area (Å²) in [4.78, 5) is 6.94. The van der Waals surface area contributed by atoms with E-state index in [1.54, 1.807) is 7.11 Å². The molecule has 0 fully saturated rings. The molecule has 5 nitrogen and oxygen atoms in total. The van der Waals surface area contributed by atoms with E-state index in [0.717, 1.165) is 31.2 Å². The average molecular weight is 448 g/mol. The number of aliphatic imine (C=N–C) groups is 1. The number of hydrogen-bond acceptors (Lipinski definition) is 3. The topological polar surface area (TPSA) is 48.9 Å². The van der Waals surface area contributed by atoms with Gasteiger partial charge in [0.15, 0.2) is 5.96 Å². The molecule has 0 amide bonds. The molecule has 0 spiro atoms. The van der Waals surface area contributed by atoms with Crippen molar-refractivity contribution in [2.45, 2.75) is 32.7 Å². The maximum atomic E-state index is 5.23. The van der Waals surface area contributed by atoms with Gasteiger partial charge in [-0.05, 0) is 45.1 Å². The molecule has 0 aliphatic carbocycles. The number of ether oxygens (including phenoxy) is 1. The molecule has 24 heavy (non-hydrogen) atoms. The number of methoxy groups -OCH3 is 1. The lowest BCUT2D eigenvalue weighted by Gasteiger charge is -2.24. The van der Waals surface area contributed by atoms with E-state index in [9.17, 15) is 0 Å². The van der Waals surface area contributed by atoms with Crippen LogP contribution in [0.4, 0.5) is 0 Å². The lowest BCUT2D eigenvalue weighted by molar-refractivity contribution is 0.306. The third-order valence-electron chi connectivity index (χ3n) is 3.71. The number of benzene rings is 1. The molecule has 0 aromatic heterocycles. The van der Waals surface area contributed by atoms with Gasteiger partial charge in [0, 0.05) is 13.1 Å². The summed E-state index contributed by atoms with van der Waals surface area (Å²) in [6.07, 6.45) is 2.33. The van der Waals surface area contributed by atoms with Crippen molar-refractivity contribution in [1.29, 1.82) is 0 Å². The molecule has 0 aliphatic rings. The van der Waals surface area contributed by atoms with Gasteiger partial charge < -0.3 is 20.3 Å². The summed E-state index contributed by atoms with van der Waals surface area (Å²) in [5.74, 6) is 1.77. The maximum Gasteiger partial charge on any atom is 0.191 e. The fourth-order valence-electron chi connectivity index (χ4n) is 2.30. The normalized spacial score (nSPS) is 12.5. The summed E-state index contributed by atoms with van der Waals surface area (Å²) < 4.78 is 5.23. The average Bonchev–Trinajstić information content (AvgIpc) is 2.55. The molecule has 0 aliphatic heterocycles. The minimum Gasteiger partial charge on any atom is -0.497 e. The summed E-state index contributed by atoms with van der Waals surface area (Å²) in [7, 11) is 5.86. The van der Waals surface area contributed by atoms with E-state index in [1.165, 1.54) is 12.0 Å². The zero-order chi connectivity index (χ0) is 17.1. The van der Waals surface area contributed by atoms with Crippen LogP contribution in [0.1, 0.15) is 38.3 Å². The highest BCUT2D eigenvalue weighted by Gasteiger charge is 2.14. The Balaban J connectivity index is 0.00000529. The minimum absolute atomic E-state index is 0. The Morgan fingerprint density at radius 1 is 1.17 bits per heavy atom. The van der Waals surface area contributed by atoms with E-state index in [4.69, 9.17) is 9.73 Å². The van der Waals surface area contributed by atoms with Gasteiger partial charge in [-0.2, -0.15) is 0 Å². The first kappa shape index (κ1) is 23.0. The van der Waals surface area contributed by atoms with Crippen molar-refractivity contribution in [3.8, 4) is 5.75 Å². The molecule has 2 N–H and O–H groups in total. The van der Waals surface area contributed by atoms with Gasteiger partial charge in [0.05, 0.1) is 19.7 Å². The Kier molecular flexibility index (Phi) is 12.7. The molecule has 1 atom stereocenters. The van der Waals surface area contributed by atoms with Crippen molar-refractivity contribution < 1.29 is 4.74 Å². The standard InChI is InChI=1S/C18H32N4O.HI/c1-6-8-13-20-18(19-7-2)21-14-17(22(3)4)15-9-11-16(23-5)12-10-15;/h9-12,17H,6-8,13-14H2,1-5H3,(H2,19,20,21);1H. The number of likely N-dealkylation sites (N-methyl/N-ethyl adjacent to an activating group) is 1. The molecule has 1 aromatic carbocycles. The van der Waals surface area contributed by atoms with E-state index >= 15 is 0 Å². The molecule has 0 saturated heterocycles. The van der Waals surface area contributed by atoms with E-state index in [0.29, 0.717) is 6.54 Å². The van der Waals surface area contributed by atoms with Crippen LogP contribution in [0.3, 0.4) is 0 Å². The molecule has 0 radical (unpaired) electrons. The molecule has 1 unspecified atom stereocenters. The Morgan fingerprint density at radius 2 is 1.83 bits per heavy atom. The molecular weight excluding hydrogens is 415 g/mol. The molecule has 0 saturated carbocycles. The first-order valence-electron chi connectivity index (χ1n) is 8.44. The predicted molar refractivity (Wildman–Crippen MR) is 114 cm³/mol. The van der Waals surface area contributed by atoms with E-state index in [-0.39, 0.29) is 30.0 Å². The van der Waals surface area contributed by atoms with Crippen molar-refractivity contribution in [2.24, 2.45) is 4.99 Å². The Hall–Kier alpha value is -1.02. The predicted octanol–water partition coefficient (Wildman–Crippen LogP) is 3.27. The van der Waals surface area contributed by atoms with Gasteiger partial charge in [0.2, 0.25) is 0 Å². The van der Waals surface area contributed by atoms with Crippen molar-refractivity contribution in [2.75, 3.05) is 40.8 Å². The molecule has 6 heteroatoms. The first-order chi connectivity index (χ1) is 11.1. The SMILES string of the molecule is CCCCNC(=NCC(c1ccc(OC)cc1)N(C)C)NCC.I. The van der Waals surface area contributed by atoms with Crippen LogP contribution < -0.4 is 15.4 Å². The molecule has 1 rings (SSSR count). The number of guanidine groups is 1. The van der Waals surface area contributed by atoms with E-state index in [1.807, 2.05) is 12.1 Å². The van der Waals surface area contributed by atoms with Crippen LogP contribution in [0, 0.1) is 0 Å². The van der Waals surface area contributed by atoms with Crippen LogP contribution in [0.15, 0.2) is 29.3 Å². The first-order valence-corrected chi connectivity index (χ1v) is 8.44. The number of unbranched alkanes of at least 4 members (excludes halogenated alkanes) is 1. The van der Waals surface area contributed by atoms with Gasteiger partial charge in [-0.15, -0.1) is 24.0 Å². The quantitative estimate of drug-likeness (QED) is 0.264. The number of nitrogens with zero attached hydrogens (tertiary/aromatic N) is 2. The van der Waals surface area contributed by atoms with Crippen LogP contribution in [0.2, 0.25) is 0 Å². The summed E-state index contributed by atoms with van der Waals surface area (Å²) in [6, 6.07) is 8.45. The van der Waals surface area contributed by atoms with Crippen LogP contribution in [-0.4, -0.2) is 51.7 Å². The summed E-state index contributed by atoms with van der Waals surface area (Å²) in [5, 5.41) is 6.69. The highest BCUT2D eigenvalue weighted by molar-refractivity contribution is 14.0. The van der Waals surface area contributed by atoms with Gasteiger partial charge in [0.25, 0.3) is 0 Å². The molecule has 0 bridgehead atoms. The summed E-state index contributed by atoms with van der Waals surface area (Å²) >= 11 is 0. The van der Waals surface area contributed by atoms with Gasteiger partial charge in [-0.1, -0.05) is 25.5 Å². The van der Waals surface area contributed by atoms with Crippen molar-refractivity contribution in [1.82, 2.24) is 15.5 Å². The monoisotopic (exact) mass is 448 g/mol. The number of nitrogens with one attached hydrogen (secondary N) is 2. The van der Waals surface area contributed by atoms with Gasteiger partial charge in [0.1, 0.15) is 5.75 Å². The summed E-state index contributed by atoms with van der Waals surface area (Å²) in [5.41, 5.74) is 1.24. The zero-order valence-corrected chi connectivity index (χ0v) is 18.0. The fourth-order valence-corrected chi connectivity index (χ4v) is 2.30. The molecule has 138 valence electrons. The fraction of sp³-hybridized carbons (Fsp3) is 0.611. The second-order valence-electron chi connectivity index (χ2n) is 5.75. The van der Waals surface area contributed by atoms with Gasteiger partial charge in [-0.25, -0.2) is 0 Å². The highest BCUT2D eigenvalue weighted by Crippen LogP contribution is 2.21. The Morgan fingerprint density at radius 3 is 2.33 bits per heavy atom. The van der Waals surface area contributed by atoms with Crippen molar-refractivity contribution in [3.63, 3.8) is 0 Å². The van der Waals surface area contributed by atoms with Crippen molar-refractivity contribution >= 4 is 29.9 Å². The summed E-state index contributed by atoms with van der Waals surface area (Å²) in [6.45, 7) is 6.81.